The van der Waals surface area contributed by atoms with Gasteiger partial charge in [0.15, 0.2) is 0 Å². The van der Waals surface area contributed by atoms with Crippen LogP contribution in [0.4, 0.5) is 4.79 Å². The zero-order chi connectivity index (χ0) is 16.1. The van der Waals surface area contributed by atoms with Crippen molar-refractivity contribution in [1.29, 1.82) is 0 Å². The Morgan fingerprint density at radius 3 is 2.83 bits per heavy atom. The molecule has 2 aliphatic heterocycles. The topological polar surface area (TPSA) is 81.3 Å². The van der Waals surface area contributed by atoms with Crippen LogP contribution < -0.4 is 5.32 Å². The van der Waals surface area contributed by atoms with Gasteiger partial charge >= 0.3 is 6.03 Å². The molecular formula is C16H25N5O2. The Hall–Kier alpha value is -2.05. The number of carbonyl (C=O) groups excluding carboxylic acids is 2. The minimum Gasteiger partial charge on any atom is -0.340 e. The van der Waals surface area contributed by atoms with Crippen molar-refractivity contribution in [3.8, 4) is 0 Å². The van der Waals surface area contributed by atoms with Gasteiger partial charge in [-0.3, -0.25) is 9.89 Å². The van der Waals surface area contributed by atoms with Crippen molar-refractivity contribution in [2.24, 2.45) is 0 Å². The Labute approximate surface area is 136 Å². The van der Waals surface area contributed by atoms with Gasteiger partial charge in [0.25, 0.3) is 0 Å². The molecule has 23 heavy (non-hydrogen) atoms. The number of nitrogens with one attached hydrogen (secondary N) is 2. The summed E-state index contributed by atoms with van der Waals surface area (Å²) in [6.45, 7) is 2.96. The van der Waals surface area contributed by atoms with Gasteiger partial charge in [0, 0.05) is 44.8 Å². The van der Waals surface area contributed by atoms with Crippen LogP contribution in [-0.2, 0) is 11.2 Å². The van der Waals surface area contributed by atoms with Crippen molar-refractivity contribution in [2.75, 3.05) is 26.2 Å². The van der Waals surface area contributed by atoms with Crippen molar-refractivity contribution in [2.45, 2.75) is 44.6 Å². The van der Waals surface area contributed by atoms with E-state index in [-0.39, 0.29) is 6.03 Å². The number of rotatable bonds is 4. The number of aromatic amines is 1. The summed E-state index contributed by atoms with van der Waals surface area (Å²) in [4.78, 5) is 28.1. The summed E-state index contributed by atoms with van der Waals surface area (Å²) in [6.07, 6.45) is 8.99. The lowest BCUT2D eigenvalue weighted by Crippen LogP contribution is -2.52. The molecule has 1 aromatic rings. The second-order valence-electron chi connectivity index (χ2n) is 6.35. The van der Waals surface area contributed by atoms with Gasteiger partial charge in [0.05, 0.1) is 6.20 Å². The molecular weight excluding hydrogens is 294 g/mol. The van der Waals surface area contributed by atoms with Gasteiger partial charge in [-0.25, -0.2) is 4.79 Å². The van der Waals surface area contributed by atoms with E-state index in [2.05, 4.69) is 15.5 Å². The summed E-state index contributed by atoms with van der Waals surface area (Å²) >= 11 is 0. The SMILES string of the molecule is O=C(NCCc1cn[nH]c1)N1CCC(N2CCCCC2=O)CC1. The van der Waals surface area contributed by atoms with Crippen LogP contribution in [0.2, 0.25) is 0 Å². The summed E-state index contributed by atoms with van der Waals surface area (Å²) in [5.41, 5.74) is 1.09. The van der Waals surface area contributed by atoms with Crippen LogP contribution in [-0.4, -0.2) is 64.2 Å². The highest BCUT2D eigenvalue weighted by molar-refractivity contribution is 5.77. The van der Waals surface area contributed by atoms with Gasteiger partial charge in [-0.1, -0.05) is 0 Å². The predicted molar refractivity (Wildman–Crippen MR) is 85.8 cm³/mol. The lowest BCUT2D eigenvalue weighted by molar-refractivity contribution is -0.136. The van der Waals surface area contributed by atoms with Crippen LogP contribution in [0.15, 0.2) is 12.4 Å². The van der Waals surface area contributed by atoms with Crippen molar-refractivity contribution in [3.63, 3.8) is 0 Å². The highest BCUT2D eigenvalue weighted by Crippen LogP contribution is 2.21. The molecule has 0 aliphatic carbocycles. The average molecular weight is 319 g/mol. The molecule has 1 aromatic heterocycles. The monoisotopic (exact) mass is 319 g/mol. The zero-order valence-corrected chi connectivity index (χ0v) is 13.5. The number of nitrogens with zero attached hydrogens (tertiary/aromatic N) is 3. The molecule has 0 atom stereocenters. The highest BCUT2D eigenvalue weighted by atomic mass is 16.2. The predicted octanol–water partition coefficient (Wildman–Crippen LogP) is 1.14. The van der Waals surface area contributed by atoms with E-state index in [1.807, 2.05) is 16.0 Å². The molecule has 3 heterocycles. The largest absolute Gasteiger partial charge is 0.340 e. The van der Waals surface area contributed by atoms with E-state index in [4.69, 9.17) is 0 Å². The van der Waals surface area contributed by atoms with E-state index < -0.39 is 0 Å². The van der Waals surface area contributed by atoms with Crippen molar-refractivity contribution >= 4 is 11.9 Å². The normalized spacial score (nSPS) is 19.9. The van der Waals surface area contributed by atoms with Crippen LogP contribution in [0.25, 0.3) is 0 Å². The Kier molecular flexibility index (Phi) is 5.15. The molecule has 0 radical (unpaired) electrons. The number of hydrogen-bond acceptors (Lipinski definition) is 3. The van der Waals surface area contributed by atoms with Crippen molar-refractivity contribution in [3.05, 3.63) is 18.0 Å². The molecule has 126 valence electrons. The van der Waals surface area contributed by atoms with E-state index in [1.165, 1.54) is 0 Å². The number of amides is 3. The molecule has 0 bridgehead atoms. The minimum absolute atomic E-state index is 0.00286. The van der Waals surface area contributed by atoms with Gasteiger partial charge < -0.3 is 15.1 Å². The molecule has 0 unspecified atom stereocenters. The first kappa shape index (κ1) is 15.8. The molecule has 2 saturated heterocycles. The van der Waals surface area contributed by atoms with Crippen molar-refractivity contribution in [1.82, 2.24) is 25.3 Å². The number of aromatic nitrogens is 2. The molecule has 3 amide bonds. The second kappa shape index (κ2) is 7.48. The lowest BCUT2D eigenvalue weighted by atomic mass is 10.00. The minimum atomic E-state index is -0.00286. The third-order valence-electron chi connectivity index (χ3n) is 4.80. The number of H-pyrrole nitrogens is 1. The maximum Gasteiger partial charge on any atom is 0.317 e. The molecule has 0 saturated carbocycles. The van der Waals surface area contributed by atoms with Gasteiger partial charge in [0.1, 0.15) is 0 Å². The van der Waals surface area contributed by atoms with E-state index >= 15 is 0 Å². The molecule has 3 rings (SSSR count). The van der Waals surface area contributed by atoms with Gasteiger partial charge in [-0.05, 0) is 37.7 Å². The number of carbonyl (C=O) groups is 2. The Bertz CT molecular complexity index is 523. The maximum atomic E-state index is 12.2. The number of hydrogen-bond donors (Lipinski definition) is 2. The van der Waals surface area contributed by atoms with Crippen molar-refractivity contribution < 1.29 is 9.59 Å². The quantitative estimate of drug-likeness (QED) is 0.873. The van der Waals surface area contributed by atoms with E-state index in [0.29, 0.717) is 24.9 Å². The molecule has 2 fully saturated rings. The van der Waals surface area contributed by atoms with Crippen LogP contribution in [0, 0.1) is 0 Å². The number of likely N-dealkylation sites (tertiary alicyclic amines) is 2. The number of piperidine rings is 2. The first-order valence-electron chi connectivity index (χ1n) is 8.54. The fourth-order valence-corrected chi connectivity index (χ4v) is 3.43. The van der Waals surface area contributed by atoms with E-state index in [1.54, 1.807) is 6.20 Å². The Balaban J connectivity index is 1.39. The molecule has 0 spiro atoms. The second-order valence-corrected chi connectivity index (χ2v) is 6.35. The highest BCUT2D eigenvalue weighted by Gasteiger charge is 2.30. The summed E-state index contributed by atoms with van der Waals surface area (Å²) in [6, 6.07) is 0.315. The van der Waals surface area contributed by atoms with Gasteiger partial charge in [-0.2, -0.15) is 5.10 Å². The molecule has 0 aromatic carbocycles. The van der Waals surface area contributed by atoms with Gasteiger partial charge in [-0.15, -0.1) is 0 Å². The third kappa shape index (κ3) is 4.03. The Morgan fingerprint density at radius 2 is 2.13 bits per heavy atom. The Morgan fingerprint density at radius 1 is 1.30 bits per heavy atom. The molecule has 7 nitrogen and oxygen atoms in total. The smallest absolute Gasteiger partial charge is 0.317 e. The summed E-state index contributed by atoms with van der Waals surface area (Å²) in [5.74, 6) is 0.291. The van der Waals surface area contributed by atoms with E-state index in [9.17, 15) is 9.59 Å². The van der Waals surface area contributed by atoms with Crippen LogP contribution in [0.5, 0.6) is 0 Å². The fourth-order valence-electron chi connectivity index (χ4n) is 3.43. The zero-order valence-electron chi connectivity index (χ0n) is 13.5. The van der Waals surface area contributed by atoms with E-state index in [0.717, 1.165) is 57.3 Å². The number of urea groups is 1. The lowest BCUT2D eigenvalue weighted by Gasteiger charge is -2.40. The van der Waals surface area contributed by atoms with Crippen LogP contribution in [0.3, 0.4) is 0 Å². The summed E-state index contributed by atoms with van der Waals surface area (Å²) in [7, 11) is 0. The first-order chi connectivity index (χ1) is 11.2. The van der Waals surface area contributed by atoms with Crippen LogP contribution >= 0.6 is 0 Å². The maximum absolute atomic E-state index is 12.2. The third-order valence-corrected chi connectivity index (χ3v) is 4.80. The molecule has 7 heteroatoms. The summed E-state index contributed by atoms with van der Waals surface area (Å²) < 4.78 is 0. The van der Waals surface area contributed by atoms with Crippen LogP contribution in [0.1, 0.15) is 37.7 Å². The first-order valence-corrected chi connectivity index (χ1v) is 8.54. The average Bonchev–Trinajstić information content (AvgIpc) is 3.09. The fraction of sp³-hybridized carbons (Fsp3) is 0.688. The summed E-state index contributed by atoms with van der Waals surface area (Å²) in [5, 5.41) is 9.61. The van der Waals surface area contributed by atoms with Gasteiger partial charge in [0.2, 0.25) is 5.91 Å². The molecule has 2 N–H and O–H groups in total. The molecule has 2 aliphatic rings. The standard InChI is InChI=1S/C16H25N5O2/c22-15-3-1-2-8-21(15)14-5-9-20(10-6-14)16(23)17-7-4-13-11-18-19-12-13/h11-12,14H,1-10H2,(H,17,23)(H,18,19).